The van der Waals surface area contributed by atoms with E-state index in [0.29, 0.717) is 34.8 Å². The van der Waals surface area contributed by atoms with Gasteiger partial charge in [0.25, 0.3) is 0 Å². The summed E-state index contributed by atoms with van der Waals surface area (Å²) in [5, 5.41) is 9.46. The minimum Gasteiger partial charge on any atom is -0.504 e. The van der Waals surface area contributed by atoms with Crippen LogP contribution in [0.5, 0.6) is 34.5 Å². The van der Waals surface area contributed by atoms with Crippen molar-refractivity contribution in [3.8, 4) is 34.5 Å². The first-order chi connectivity index (χ1) is 16.0. The van der Waals surface area contributed by atoms with Gasteiger partial charge in [0.05, 0.1) is 39.6 Å². The largest absolute Gasteiger partial charge is 0.504 e. The monoisotopic (exact) mass is 455 g/mol. The molecule has 2 aromatic carbocycles. The normalized spacial score (nSPS) is 9.70. The number of rotatable bonds is 9. The van der Waals surface area contributed by atoms with Crippen LogP contribution in [0, 0.1) is 0 Å². The van der Waals surface area contributed by atoms with Gasteiger partial charge in [-0.2, -0.15) is 0 Å². The van der Waals surface area contributed by atoms with Crippen LogP contribution in [0.25, 0.3) is 0 Å². The van der Waals surface area contributed by atoms with Gasteiger partial charge in [-0.3, -0.25) is 14.6 Å². The summed E-state index contributed by atoms with van der Waals surface area (Å²) in [6, 6.07) is 10.0. The van der Waals surface area contributed by atoms with Gasteiger partial charge < -0.3 is 28.8 Å². The van der Waals surface area contributed by atoms with E-state index >= 15 is 0 Å². The summed E-state index contributed by atoms with van der Waals surface area (Å²) >= 11 is 0. The highest BCUT2D eigenvalue weighted by molar-refractivity contribution is 5.83. The summed E-state index contributed by atoms with van der Waals surface area (Å²) in [5.74, 6) is 1.65. The van der Waals surface area contributed by atoms with Gasteiger partial charge in [-0.25, -0.2) is 0 Å². The van der Waals surface area contributed by atoms with Crippen LogP contribution < -0.4 is 23.7 Å². The lowest BCUT2D eigenvalue weighted by Gasteiger charge is -2.15. The number of ether oxygens (including phenoxy) is 5. The lowest BCUT2D eigenvalue weighted by atomic mass is 10.2. The topological polar surface area (TPSA) is 113 Å². The molecule has 0 fully saturated rings. The molecule has 0 amide bonds. The van der Waals surface area contributed by atoms with Gasteiger partial charge in [-0.05, 0) is 30.3 Å². The van der Waals surface area contributed by atoms with Crippen LogP contribution >= 0.6 is 0 Å². The van der Waals surface area contributed by atoms with Gasteiger partial charge in [0.15, 0.2) is 35.6 Å². The summed E-state index contributed by atoms with van der Waals surface area (Å²) in [4.78, 5) is 25.6. The first kappa shape index (κ1) is 25.0. The zero-order chi connectivity index (χ0) is 24.2. The van der Waals surface area contributed by atoms with Crippen LogP contribution in [0.1, 0.15) is 26.3 Å². The number of hydrogen-bond donors (Lipinski definition) is 1. The van der Waals surface area contributed by atoms with Gasteiger partial charge in [0.1, 0.15) is 6.61 Å². The third-order valence-corrected chi connectivity index (χ3v) is 4.44. The van der Waals surface area contributed by atoms with E-state index in [1.807, 2.05) is 12.1 Å². The third kappa shape index (κ3) is 6.13. The summed E-state index contributed by atoms with van der Waals surface area (Å²) in [7, 11) is 5.89. The molecule has 0 unspecified atom stereocenters. The van der Waals surface area contributed by atoms with Crippen molar-refractivity contribution >= 4 is 12.6 Å². The highest BCUT2D eigenvalue weighted by Crippen LogP contribution is 2.40. The summed E-state index contributed by atoms with van der Waals surface area (Å²) < 4.78 is 26.0. The third-order valence-electron chi connectivity index (χ3n) is 4.44. The van der Waals surface area contributed by atoms with Crippen molar-refractivity contribution in [2.45, 2.75) is 6.61 Å². The molecule has 0 radical (unpaired) electrons. The number of aromatic nitrogens is 1. The highest BCUT2D eigenvalue weighted by atomic mass is 16.5. The summed E-state index contributed by atoms with van der Waals surface area (Å²) in [5.41, 5.74) is 1.48. The number of methoxy groups -OCH3 is 4. The maximum Gasteiger partial charge on any atom is 0.204 e. The van der Waals surface area contributed by atoms with Crippen LogP contribution in [0.2, 0.25) is 0 Å². The Kier molecular flexibility index (Phi) is 9.51. The highest BCUT2D eigenvalue weighted by Gasteiger charge is 2.16. The van der Waals surface area contributed by atoms with Crippen LogP contribution in [-0.4, -0.2) is 51.1 Å². The Balaban J connectivity index is 0.000000257. The Hall–Kier alpha value is -4.27. The maximum absolute atomic E-state index is 11.1. The molecule has 3 aromatic rings. The molecule has 1 heterocycles. The average molecular weight is 455 g/mol. The van der Waals surface area contributed by atoms with E-state index in [1.165, 1.54) is 34.5 Å². The first-order valence-corrected chi connectivity index (χ1v) is 9.65. The molecule has 0 aliphatic rings. The minimum atomic E-state index is -0.197. The summed E-state index contributed by atoms with van der Waals surface area (Å²) in [6.07, 6.45) is 4.66. The number of hydrogen-bond acceptors (Lipinski definition) is 9. The van der Waals surface area contributed by atoms with Crippen molar-refractivity contribution in [2.24, 2.45) is 0 Å². The number of pyridine rings is 1. The molecule has 33 heavy (non-hydrogen) atoms. The molecule has 1 N–H and O–H groups in total. The zero-order valence-electron chi connectivity index (χ0n) is 18.7. The van der Waals surface area contributed by atoms with Crippen molar-refractivity contribution in [2.75, 3.05) is 28.4 Å². The Morgan fingerprint density at radius 2 is 1.39 bits per heavy atom. The van der Waals surface area contributed by atoms with E-state index in [0.717, 1.165) is 11.8 Å². The van der Waals surface area contributed by atoms with E-state index < -0.39 is 0 Å². The Morgan fingerprint density at radius 1 is 0.788 bits per heavy atom. The van der Waals surface area contributed by atoms with E-state index in [1.54, 1.807) is 30.6 Å². The molecular weight excluding hydrogens is 430 g/mol. The predicted octanol–water partition coefficient (Wildman–Crippen LogP) is 3.71. The molecule has 0 aliphatic heterocycles. The van der Waals surface area contributed by atoms with Crippen molar-refractivity contribution in [1.29, 1.82) is 0 Å². The molecule has 0 saturated carbocycles. The average Bonchev–Trinajstić information content (AvgIpc) is 2.87. The number of phenols is 1. The number of phenolic OH excluding ortho intramolecular Hbond substituents is 1. The van der Waals surface area contributed by atoms with Crippen molar-refractivity contribution in [1.82, 2.24) is 4.98 Å². The zero-order valence-corrected chi connectivity index (χ0v) is 18.7. The number of carbonyl (C=O) groups is 2. The fraction of sp³-hybridized carbons (Fsp3) is 0.208. The number of benzene rings is 2. The van der Waals surface area contributed by atoms with E-state index in [-0.39, 0.29) is 23.7 Å². The van der Waals surface area contributed by atoms with Gasteiger partial charge in [-0.15, -0.1) is 0 Å². The molecule has 3 rings (SSSR count). The predicted molar refractivity (Wildman–Crippen MR) is 120 cm³/mol. The second-order valence-electron chi connectivity index (χ2n) is 6.34. The first-order valence-electron chi connectivity index (χ1n) is 9.65. The molecule has 9 nitrogen and oxygen atoms in total. The molecule has 1 aromatic heterocycles. The van der Waals surface area contributed by atoms with Gasteiger partial charge >= 0.3 is 0 Å². The van der Waals surface area contributed by atoms with Crippen molar-refractivity contribution in [3.63, 3.8) is 0 Å². The Morgan fingerprint density at radius 3 is 1.91 bits per heavy atom. The van der Waals surface area contributed by atoms with Gasteiger partial charge in [0.2, 0.25) is 11.5 Å². The van der Waals surface area contributed by atoms with Crippen LogP contribution in [0.15, 0.2) is 48.8 Å². The molecule has 174 valence electrons. The second kappa shape index (κ2) is 12.6. The lowest BCUT2D eigenvalue weighted by Crippen LogP contribution is -2.02. The molecular formula is C24H25NO8. The molecule has 0 bridgehead atoms. The van der Waals surface area contributed by atoms with Crippen LogP contribution in [0.4, 0.5) is 0 Å². The molecule has 0 spiro atoms. The molecule has 0 saturated heterocycles. The quantitative estimate of drug-likeness (QED) is 0.482. The maximum atomic E-state index is 11.1. The molecule has 9 heteroatoms. The Labute approximate surface area is 191 Å². The standard InChI is InChI=1S/C15H15NO4.C9H10O4/c1-18-13-6-5-12(9-17)14(15(13)19-2)20-10-11-4-3-7-16-8-11;1-12-7-4-3-6(5-10)8(11)9(7)13-2/h3-9H,10H2,1-2H3;3-5,11H,1-2H3. The summed E-state index contributed by atoms with van der Waals surface area (Å²) in [6.45, 7) is 0.290. The fourth-order valence-corrected chi connectivity index (χ4v) is 2.82. The van der Waals surface area contributed by atoms with Gasteiger partial charge in [0, 0.05) is 18.0 Å². The number of aromatic hydroxyl groups is 1. The number of nitrogens with zero attached hydrogens (tertiary/aromatic N) is 1. The smallest absolute Gasteiger partial charge is 0.204 e. The van der Waals surface area contributed by atoms with Crippen LogP contribution in [0.3, 0.4) is 0 Å². The molecule has 0 atom stereocenters. The number of aldehydes is 2. The second-order valence-corrected chi connectivity index (χ2v) is 6.34. The van der Waals surface area contributed by atoms with E-state index in [2.05, 4.69) is 4.98 Å². The van der Waals surface area contributed by atoms with Gasteiger partial charge in [-0.1, -0.05) is 6.07 Å². The number of carbonyl (C=O) groups excluding carboxylic acids is 2. The minimum absolute atomic E-state index is 0.173. The van der Waals surface area contributed by atoms with Crippen molar-refractivity contribution in [3.05, 3.63) is 65.5 Å². The Bertz CT molecular complexity index is 1070. The van der Waals surface area contributed by atoms with E-state index in [4.69, 9.17) is 23.7 Å². The SMILES string of the molecule is COc1ccc(C=O)c(O)c1OC.COc1ccc(C=O)c(OCc2cccnc2)c1OC. The fourth-order valence-electron chi connectivity index (χ4n) is 2.82. The molecule has 0 aliphatic carbocycles. The van der Waals surface area contributed by atoms with Crippen molar-refractivity contribution < 1.29 is 38.4 Å². The lowest BCUT2D eigenvalue weighted by molar-refractivity contribution is 0.111. The van der Waals surface area contributed by atoms with E-state index in [9.17, 15) is 14.7 Å². The van der Waals surface area contributed by atoms with Crippen LogP contribution in [-0.2, 0) is 6.61 Å².